The average Bonchev–Trinajstić information content (AvgIpc) is 2.60. The smallest absolute Gasteiger partial charge is 0.155 e. The van der Waals surface area contributed by atoms with E-state index in [1.54, 1.807) is 0 Å². The van der Waals surface area contributed by atoms with Gasteiger partial charge in [-0.3, -0.25) is 4.79 Å². The molecule has 0 spiro atoms. The molecule has 3 rings (SSSR count). The molecule has 0 aliphatic rings. The molecule has 3 nitrogen and oxygen atoms in total. The number of fused-ring (bicyclic) bond motifs is 1. The summed E-state index contributed by atoms with van der Waals surface area (Å²) in [6.07, 6.45) is 3.05. The van der Waals surface area contributed by atoms with Crippen molar-refractivity contribution in [3.05, 3.63) is 72.6 Å². The van der Waals surface area contributed by atoms with Gasteiger partial charge in [0.15, 0.2) is 5.78 Å². The van der Waals surface area contributed by atoms with Crippen molar-refractivity contribution < 1.29 is 30.0 Å². The van der Waals surface area contributed by atoms with E-state index in [9.17, 15) is 4.79 Å². The summed E-state index contributed by atoms with van der Waals surface area (Å²) in [4.78, 5) is 14.6. The predicted molar refractivity (Wildman–Crippen MR) is 116 cm³/mol. The van der Waals surface area contributed by atoms with E-state index >= 15 is 0 Å². The number of hydrogen-bond donors (Lipinski definition) is 1. The Labute approximate surface area is 181 Å². The van der Waals surface area contributed by atoms with E-state index in [0.29, 0.717) is 0 Å². The van der Waals surface area contributed by atoms with Crippen LogP contribution in [0.1, 0.15) is 13.8 Å². The van der Waals surface area contributed by atoms with Crippen LogP contribution in [0.4, 0.5) is 0 Å². The molecule has 149 valence electrons. The Kier molecular flexibility index (Phi) is 8.96. The van der Waals surface area contributed by atoms with Gasteiger partial charge in [-0.05, 0) is 36.4 Å². The summed E-state index contributed by atoms with van der Waals surface area (Å²) >= 11 is 0. The molecule has 1 radical (unpaired) electrons. The number of aromatic nitrogens is 1. The van der Waals surface area contributed by atoms with Gasteiger partial charge >= 0.3 is 0 Å². The van der Waals surface area contributed by atoms with Crippen molar-refractivity contribution in [1.82, 2.24) is 4.98 Å². The normalized spacial score (nSPS) is 11.2. The molecule has 0 saturated carbocycles. The van der Waals surface area contributed by atoms with Crippen LogP contribution in [-0.2, 0) is 24.9 Å². The number of aliphatic hydroxyl groups excluding tert-OH is 1. The predicted octanol–water partition coefficient (Wildman–Crippen LogP) is 5.28. The van der Waals surface area contributed by atoms with E-state index in [1.165, 1.54) is 35.9 Å². The van der Waals surface area contributed by atoms with Crippen molar-refractivity contribution in [1.29, 1.82) is 0 Å². The summed E-state index contributed by atoms with van der Waals surface area (Å²) in [6, 6.07) is 20.3. The van der Waals surface area contributed by atoms with Gasteiger partial charge in [0.25, 0.3) is 0 Å². The summed E-state index contributed by atoms with van der Waals surface area (Å²) < 4.78 is 0. The molecule has 3 aromatic rings. The van der Waals surface area contributed by atoms with E-state index in [0.717, 1.165) is 11.3 Å². The number of hydrogen-bond acceptors (Lipinski definition) is 3. The van der Waals surface area contributed by atoms with Crippen LogP contribution in [0.5, 0.6) is 0 Å². The third-order valence-electron chi connectivity index (χ3n) is 4.01. The van der Waals surface area contributed by atoms with Gasteiger partial charge in [-0.2, -0.15) is 0 Å². The quantitative estimate of drug-likeness (QED) is 0.202. The fourth-order valence-corrected chi connectivity index (χ4v) is 3.86. The first-order valence-electron chi connectivity index (χ1n) is 8.92. The summed E-state index contributed by atoms with van der Waals surface area (Å²) in [7, 11) is -1.31. The monoisotopic (exact) mass is 569 g/mol. The fraction of sp³-hybridized carbons (Fsp3) is 0.217. The molecular formula is C23H26IrNO2Si-. The van der Waals surface area contributed by atoms with Crippen LogP contribution in [0.3, 0.4) is 0 Å². The molecule has 1 heterocycles. The number of nitrogens with zero attached hydrogens (tertiary/aromatic N) is 1. The molecule has 0 aliphatic heterocycles. The van der Waals surface area contributed by atoms with Gasteiger partial charge in [0.1, 0.15) is 0 Å². The number of rotatable bonds is 3. The molecule has 0 amide bonds. The van der Waals surface area contributed by atoms with E-state index in [1.807, 2.05) is 12.3 Å². The first kappa shape index (κ1) is 24.0. The van der Waals surface area contributed by atoms with Gasteiger partial charge in [0, 0.05) is 32.4 Å². The summed E-state index contributed by atoms with van der Waals surface area (Å²) in [5, 5.41) is 12.2. The maximum absolute atomic E-state index is 10.0. The van der Waals surface area contributed by atoms with Crippen molar-refractivity contribution in [2.24, 2.45) is 0 Å². The van der Waals surface area contributed by atoms with Gasteiger partial charge in [-0.15, -0.1) is 35.0 Å². The Balaban J connectivity index is 0.000000425. The zero-order valence-corrected chi connectivity index (χ0v) is 20.3. The Hall–Kier alpha value is -2.07. The van der Waals surface area contributed by atoms with Crippen LogP contribution in [0.2, 0.25) is 19.6 Å². The molecular weight excluding hydrogens is 543 g/mol. The van der Waals surface area contributed by atoms with E-state index in [4.69, 9.17) is 5.11 Å². The molecule has 1 N–H and O–H groups in total. The first-order chi connectivity index (χ1) is 12.7. The number of allylic oxidation sites excluding steroid dienone is 2. The van der Waals surface area contributed by atoms with Crippen molar-refractivity contribution in [3.8, 4) is 11.3 Å². The third-order valence-corrected chi connectivity index (χ3v) is 6.05. The van der Waals surface area contributed by atoms with Gasteiger partial charge < -0.3 is 10.1 Å². The molecule has 0 aliphatic carbocycles. The van der Waals surface area contributed by atoms with Gasteiger partial charge in [0.2, 0.25) is 0 Å². The van der Waals surface area contributed by atoms with Crippen LogP contribution in [0.25, 0.3) is 22.0 Å². The largest absolute Gasteiger partial charge is 0.512 e. The van der Waals surface area contributed by atoms with Gasteiger partial charge in [-0.1, -0.05) is 43.9 Å². The SMILES string of the molecule is CC(=O)/C=C(/C)O.C[Si](C)(C)c1cc[c-]c(-c2nccc3ccccc23)c1.[Ir]. The number of carbonyl (C=O) groups is 1. The first-order valence-corrected chi connectivity index (χ1v) is 12.4. The minimum absolute atomic E-state index is 0. The Morgan fingerprint density at radius 1 is 1.11 bits per heavy atom. The maximum Gasteiger partial charge on any atom is 0.155 e. The zero-order chi connectivity index (χ0) is 20.0. The Bertz CT molecular complexity index is 968. The van der Waals surface area contributed by atoms with Crippen LogP contribution in [0.15, 0.2) is 66.6 Å². The second-order valence-corrected chi connectivity index (χ2v) is 12.6. The summed E-state index contributed by atoms with van der Waals surface area (Å²) in [6.45, 7) is 9.94. The minimum Gasteiger partial charge on any atom is -0.512 e. The number of carbonyl (C=O) groups excluding carboxylic acids is 1. The fourth-order valence-electron chi connectivity index (χ4n) is 2.70. The average molecular weight is 569 g/mol. The number of pyridine rings is 1. The van der Waals surface area contributed by atoms with Crippen LogP contribution < -0.4 is 5.19 Å². The summed E-state index contributed by atoms with van der Waals surface area (Å²) in [5.41, 5.74) is 2.13. The van der Waals surface area contributed by atoms with Crippen molar-refractivity contribution in [2.75, 3.05) is 0 Å². The number of benzene rings is 2. The van der Waals surface area contributed by atoms with Crippen LogP contribution >= 0.6 is 0 Å². The standard InChI is InChI=1S/C18H18NSi.C5H8O2.Ir/c1-20(2,3)16-9-6-8-15(13-16)18-17-10-5-4-7-14(17)11-12-19-18;1-4(6)3-5(2)7;/h4-7,9-13H,1-3H3;3,6H,1-2H3;/q-1;;/b;4-3-;. The molecule has 2 aromatic carbocycles. The zero-order valence-electron chi connectivity index (χ0n) is 16.9. The maximum atomic E-state index is 10.0. The van der Waals surface area contributed by atoms with Gasteiger partial charge in [0.05, 0.1) is 13.8 Å². The second-order valence-electron chi connectivity index (χ2n) is 7.52. The third kappa shape index (κ3) is 6.82. The number of ketones is 1. The molecule has 5 heteroatoms. The Morgan fingerprint density at radius 3 is 2.36 bits per heavy atom. The van der Waals surface area contributed by atoms with Crippen molar-refractivity contribution in [3.63, 3.8) is 0 Å². The second kappa shape index (κ2) is 10.5. The molecule has 1 aromatic heterocycles. The molecule has 0 bridgehead atoms. The number of aliphatic hydroxyl groups is 1. The van der Waals surface area contributed by atoms with Crippen LogP contribution in [0, 0.1) is 6.07 Å². The van der Waals surface area contributed by atoms with Crippen LogP contribution in [-0.4, -0.2) is 23.9 Å². The van der Waals surface area contributed by atoms with Crippen molar-refractivity contribution in [2.45, 2.75) is 33.5 Å². The van der Waals surface area contributed by atoms with Crippen molar-refractivity contribution >= 4 is 29.8 Å². The topological polar surface area (TPSA) is 50.2 Å². The minimum atomic E-state index is -1.31. The molecule has 0 fully saturated rings. The van der Waals surface area contributed by atoms with E-state index < -0.39 is 8.07 Å². The molecule has 0 atom stereocenters. The summed E-state index contributed by atoms with van der Waals surface area (Å²) in [5.74, 6) is -0.0625. The van der Waals surface area contributed by atoms with E-state index in [2.05, 4.69) is 73.2 Å². The molecule has 0 unspecified atom stereocenters. The molecule has 28 heavy (non-hydrogen) atoms. The van der Waals surface area contributed by atoms with Gasteiger partial charge in [-0.25, -0.2) is 0 Å². The Morgan fingerprint density at radius 2 is 1.79 bits per heavy atom. The molecule has 0 saturated heterocycles. The van der Waals surface area contributed by atoms with E-state index in [-0.39, 0.29) is 31.6 Å².